The molecule has 3 aliphatic rings. The Balaban J connectivity index is 2.09. The highest BCUT2D eigenvalue weighted by molar-refractivity contribution is 7.98. The fourth-order valence-electron chi connectivity index (χ4n) is 1.97. The van der Waals surface area contributed by atoms with E-state index in [1.807, 2.05) is 6.26 Å². The highest BCUT2D eigenvalue weighted by Gasteiger charge is 2.46. The molecular formula is C10H16O3S. The molecule has 0 atom stereocenters. The average Bonchev–Trinajstić information content (AvgIpc) is 2.47. The first kappa shape index (κ1) is 10.5. The van der Waals surface area contributed by atoms with Crippen LogP contribution in [-0.2, 0) is 14.3 Å². The summed E-state index contributed by atoms with van der Waals surface area (Å²) in [5, 5.41) is 0. The van der Waals surface area contributed by atoms with Gasteiger partial charge in [-0.1, -0.05) is 0 Å². The molecule has 0 saturated carbocycles. The van der Waals surface area contributed by atoms with Gasteiger partial charge in [0.25, 0.3) is 0 Å². The predicted molar refractivity (Wildman–Crippen MR) is 55.4 cm³/mol. The number of carbonyl (C=O) groups excluding carboxylic acids is 1. The SMILES string of the molecule is CSCCC12OCC(CCC1=O)CO2. The third-order valence-corrected chi connectivity index (χ3v) is 3.56. The number of hydrogen-bond acceptors (Lipinski definition) is 4. The molecule has 3 nitrogen and oxygen atoms in total. The molecule has 0 amide bonds. The Morgan fingerprint density at radius 2 is 2.21 bits per heavy atom. The molecule has 0 unspecified atom stereocenters. The van der Waals surface area contributed by atoms with E-state index in [9.17, 15) is 4.79 Å². The van der Waals surface area contributed by atoms with Gasteiger partial charge in [-0.2, -0.15) is 11.8 Å². The van der Waals surface area contributed by atoms with Gasteiger partial charge in [-0.05, 0) is 18.4 Å². The fourth-order valence-corrected chi connectivity index (χ4v) is 2.44. The van der Waals surface area contributed by atoms with Crippen molar-refractivity contribution in [2.75, 3.05) is 25.2 Å². The summed E-state index contributed by atoms with van der Waals surface area (Å²) in [5.41, 5.74) is 0. The first-order valence-corrected chi connectivity index (χ1v) is 6.46. The van der Waals surface area contributed by atoms with Crippen molar-refractivity contribution in [3.8, 4) is 0 Å². The monoisotopic (exact) mass is 216 g/mol. The summed E-state index contributed by atoms with van der Waals surface area (Å²) in [5.74, 6) is 0.613. The third kappa shape index (κ3) is 1.83. The summed E-state index contributed by atoms with van der Waals surface area (Å²) in [6, 6.07) is 0. The van der Waals surface area contributed by atoms with Crippen molar-refractivity contribution >= 4 is 17.5 Å². The maximum absolute atomic E-state index is 11.8. The van der Waals surface area contributed by atoms with Gasteiger partial charge < -0.3 is 9.47 Å². The second kappa shape index (κ2) is 4.21. The van der Waals surface area contributed by atoms with Crippen molar-refractivity contribution in [3.63, 3.8) is 0 Å². The largest absolute Gasteiger partial charge is 0.343 e. The molecule has 3 heterocycles. The first-order valence-electron chi connectivity index (χ1n) is 5.07. The molecule has 3 aliphatic heterocycles. The van der Waals surface area contributed by atoms with Crippen LogP contribution in [0.15, 0.2) is 0 Å². The molecule has 0 radical (unpaired) electrons. The smallest absolute Gasteiger partial charge is 0.229 e. The molecule has 0 aromatic carbocycles. The van der Waals surface area contributed by atoms with E-state index in [0.717, 1.165) is 12.2 Å². The van der Waals surface area contributed by atoms with Gasteiger partial charge in [-0.15, -0.1) is 0 Å². The predicted octanol–water partition coefficient (Wildman–Crippen LogP) is 1.46. The van der Waals surface area contributed by atoms with E-state index < -0.39 is 5.79 Å². The molecule has 80 valence electrons. The molecule has 0 spiro atoms. The van der Waals surface area contributed by atoms with Crippen LogP contribution in [0.4, 0.5) is 0 Å². The van der Waals surface area contributed by atoms with Crippen LogP contribution in [0.25, 0.3) is 0 Å². The lowest BCUT2D eigenvalue weighted by Gasteiger charge is -2.35. The van der Waals surface area contributed by atoms with Crippen LogP contribution in [0.2, 0.25) is 0 Å². The number of hydrogen-bond donors (Lipinski definition) is 0. The number of rotatable bonds is 3. The Hall–Kier alpha value is -0.0600. The zero-order valence-corrected chi connectivity index (χ0v) is 9.27. The van der Waals surface area contributed by atoms with E-state index in [4.69, 9.17) is 9.47 Å². The summed E-state index contributed by atoms with van der Waals surface area (Å²) in [6.45, 7) is 1.39. The third-order valence-electron chi connectivity index (χ3n) is 2.94. The van der Waals surface area contributed by atoms with Gasteiger partial charge in [-0.3, -0.25) is 4.79 Å². The number of ketones is 1. The van der Waals surface area contributed by atoms with Gasteiger partial charge in [0.1, 0.15) is 0 Å². The minimum Gasteiger partial charge on any atom is -0.343 e. The summed E-state index contributed by atoms with van der Waals surface area (Å²) in [4.78, 5) is 11.8. The summed E-state index contributed by atoms with van der Waals surface area (Å²) >= 11 is 1.72. The van der Waals surface area contributed by atoms with Crippen LogP contribution >= 0.6 is 11.8 Å². The van der Waals surface area contributed by atoms with Crippen molar-refractivity contribution in [2.24, 2.45) is 5.92 Å². The molecular weight excluding hydrogens is 200 g/mol. The van der Waals surface area contributed by atoms with Crippen molar-refractivity contribution in [2.45, 2.75) is 25.0 Å². The van der Waals surface area contributed by atoms with Crippen molar-refractivity contribution in [3.05, 3.63) is 0 Å². The van der Waals surface area contributed by atoms with Crippen LogP contribution in [-0.4, -0.2) is 36.8 Å². The van der Waals surface area contributed by atoms with Crippen molar-refractivity contribution < 1.29 is 14.3 Å². The number of fused-ring (bicyclic) bond motifs is 4. The summed E-state index contributed by atoms with van der Waals surface area (Å²) in [7, 11) is 0. The first-order chi connectivity index (χ1) is 6.77. The van der Waals surface area contributed by atoms with E-state index in [1.54, 1.807) is 11.8 Å². The topological polar surface area (TPSA) is 35.5 Å². The number of carbonyl (C=O) groups is 1. The van der Waals surface area contributed by atoms with Gasteiger partial charge in [0, 0.05) is 18.8 Å². The van der Waals surface area contributed by atoms with Gasteiger partial charge in [0.2, 0.25) is 5.79 Å². The number of thioether (sulfide) groups is 1. The van der Waals surface area contributed by atoms with Crippen LogP contribution in [0.1, 0.15) is 19.3 Å². The van der Waals surface area contributed by atoms with Crippen LogP contribution in [0.5, 0.6) is 0 Å². The molecule has 4 heteroatoms. The zero-order chi connectivity index (χ0) is 10.0. The van der Waals surface area contributed by atoms with E-state index in [1.165, 1.54) is 0 Å². The van der Waals surface area contributed by atoms with Crippen LogP contribution in [0, 0.1) is 5.92 Å². The van der Waals surface area contributed by atoms with Crippen molar-refractivity contribution in [1.29, 1.82) is 0 Å². The van der Waals surface area contributed by atoms with Gasteiger partial charge in [-0.25, -0.2) is 0 Å². The van der Waals surface area contributed by atoms with E-state index in [-0.39, 0.29) is 5.78 Å². The van der Waals surface area contributed by atoms with Crippen LogP contribution in [0.3, 0.4) is 0 Å². The molecule has 0 aromatic heterocycles. The molecule has 0 aliphatic carbocycles. The highest BCUT2D eigenvalue weighted by Crippen LogP contribution is 2.34. The Bertz CT molecular complexity index is 221. The molecule has 3 saturated heterocycles. The molecule has 0 aromatic rings. The Morgan fingerprint density at radius 3 is 2.86 bits per heavy atom. The second-order valence-electron chi connectivity index (χ2n) is 3.95. The normalized spacial score (nSPS) is 37.2. The lowest BCUT2D eigenvalue weighted by Crippen LogP contribution is -2.47. The number of ether oxygens (including phenoxy) is 2. The standard InChI is InChI=1S/C10H16O3S/c1-14-5-4-10-9(11)3-2-8(6-12-10)7-13-10/h8H,2-7H2,1H3. The Morgan fingerprint density at radius 1 is 1.50 bits per heavy atom. The lowest BCUT2D eigenvalue weighted by atomic mass is 10.0. The molecule has 3 rings (SSSR count). The Kier molecular flexibility index (Phi) is 3.14. The van der Waals surface area contributed by atoms with Gasteiger partial charge in [0.05, 0.1) is 13.2 Å². The van der Waals surface area contributed by atoms with Gasteiger partial charge >= 0.3 is 0 Å². The average molecular weight is 216 g/mol. The zero-order valence-electron chi connectivity index (χ0n) is 8.45. The molecule has 14 heavy (non-hydrogen) atoms. The molecule has 0 N–H and O–H groups in total. The van der Waals surface area contributed by atoms with Crippen molar-refractivity contribution in [1.82, 2.24) is 0 Å². The number of Topliss-reactive ketones (excluding diaryl/α,β-unsaturated/α-hetero) is 1. The summed E-state index contributed by atoms with van der Waals surface area (Å²) in [6.07, 6.45) is 4.28. The second-order valence-corrected chi connectivity index (χ2v) is 4.93. The van der Waals surface area contributed by atoms with Gasteiger partial charge in [0.15, 0.2) is 5.78 Å². The molecule has 2 bridgehead atoms. The lowest BCUT2D eigenvalue weighted by molar-refractivity contribution is -0.259. The quantitative estimate of drug-likeness (QED) is 0.715. The summed E-state index contributed by atoms with van der Waals surface area (Å²) < 4.78 is 11.2. The van der Waals surface area contributed by atoms with Crippen LogP contribution < -0.4 is 0 Å². The molecule has 3 fully saturated rings. The minimum absolute atomic E-state index is 0.145. The Labute approximate surface area is 88.5 Å². The highest BCUT2D eigenvalue weighted by atomic mass is 32.2. The maximum Gasteiger partial charge on any atom is 0.229 e. The fraction of sp³-hybridized carbons (Fsp3) is 0.900. The minimum atomic E-state index is -0.879. The van der Waals surface area contributed by atoms with E-state index in [2.05, 4.69) is 0 Å². The maximum atomic E-state index is 11.8. The van der Waals surface area contributed by atoms with E-state index in [0.29, 0.717) is 32.0 Å². The van der Waals surface area contributed by atoms with E-state index >= 15 is 0 Å².